The zero-order chi connectivity index (χ0) is 19.8. The smallest absolute Gasteiger partial charge is 0.168 e. The van der Waals surface area contributed by atoms with Crippen LogP contribution in [0, 0.1) is 11.8 Å². The average molecular weight is 392 g/mol. The van der Waals surface area contributed by atoms with Crippen LogP contribution in [0.5, 0.6) is 11.5 Å². The molecule has 1 saturated heterocycles. The predicted molar refractivity (Wildman–Crippen MR) is 118 cm³/mol. The lowest BCUT2D eigenvalue weighted by atomic mass is 9.83. The van der Waals surface area contributed by atoms with Gasteiger partial charge in [-0.25, -0.2) is 0 Å². The van der Waals surface area contributed by atoms with Crippen molar-refractivity contribution >= 4 is 0 Å². The Bertz CT molecular complexity index is 856. The normalized spacial score (nSPS) is 27.3. The molecule has 2 saturated carbocycles. The number of ether oxygens (including phenoxy) is 2. The van der Waals surface area contributed by atoms with E-state index in [4.69, 9.17) is 9.47 Å². The van der Waals surface area contributed by atoms with E-state index in [1.54, 1.807) is 14.2 Å². The molecule has 0 spiro atoms. The van der Waals surface area contributed by atoms with Crippen LogP contribution in [0.15, 0.2) is 42.5 Å². The van der Waals surface area contributed by atoms with Crippen molar-refractivity contribution < 1.29 is 9.47 Å². The number of hydrogen-bond donors (Lipinski definition) is 0. The summed E-state index contributed by atoms with van der Waals surface area (Å²) < 4.78 is 11.3. The van der Waals surface area contributed by atoms with Crippen molar-refractivity contribution in [2.45, 2.75) is 50.5 Å². The van der Waals surface area contributed by atoms with Crippen molar-refractivity contribution in [3.63, 3.8) is 0 Å². The molecule has 1 aliphatic heterocycles. The van der Waals surface area contributed by atoms with Gasteiger partial charge in [0, 0.05) is 11.6 Å². The molecule has 2 aromatic rings. The molecule has 3 aliphatic rings. The third-order valence-corrected chi connectivity index (χ3v) is 7.79. The number of fused-ring (bicyclic) bond motifs is 2. The van der Waals surface area contributed by atoms with Gasteiger partial charge in [-0.2, -0.15) is 0 Å². The summed E-state index contributed by atoms with van der Waals surface area (Å²) in [7, 11) is 3.44. The van der Waals surface area contributed by atoms with Crippen molar-refractivity contribution in [3.8, 4) is 22.6 Å². The molecular weight excluding hydrogens is 358 g/mol. The van der Waals surface area contributed by atoms with Crippen LogP contribution < -0.4 is 9.47 Å². The second kappa shape index (κ2) is 8.02. The lowest BCUT2D eigenvalue weighted by Gasteiger charge is -2.40. The maximum Gasteiger partial charge on any atom is 0.168 e. The zero-order valence-electron chi connectivity index (χ0n) is 17.8. The molecule has 0 N–H and O–H groups in total. The molecule has 3 fully saturated rings. The van der Waals surface area contributed by atoms with Crippen LogP contribution in [-0.2, 0) is 0 Å². The molecule has 2 unspecified atom stereocenters. The van der Waals surface area contributed by atoms with E-state index in [1.165, 1.54) is 62.7 Å². The third kappa shape index (κ3) is 3.44. The molecule has 5 rings (SSSR count). The van der Waals surface area contributed by atoms with Gasteiger partial charge in [0.25, 0.3) is 0 Å². The maximum atomic E-state index is 5.74. The van der Waals surface area contributed by atoms with E-state index < -0.39 is 0 Å². The van der Waals surface area contributed by atoms with Gasteiger partial charge in [0.2, 0.25) is 0 Å². The lowest BCUT2D eigenvalue weighted by Crippen LogP contribution is -2.43. The molecule has 154 valence electrons. The summed E-state index contributed by atoms with van der Waals surface area (Å²) in [5, 5.41) is 0. The van der Waals surface area contributed by atoms with Gasteiger partial charge < -0.3 is 14.4 Å². The predicted octanol–water partition coefficient (Wildman–Crippen LogP) is 5.74. The van der Waals surface area contributed by atoms with Crippen LogP contribution in [-0.4, -0.2) is 38.3 Å². The van der Waals surface area contributed by atoms with Crippen molar-refractivity contribution in [1.29, 1.82) is 0 Å². The van der Waals surface area contributed by atoms with E-state index in [1.807, 2.05) is 6.07 Å². The quantitative estimate of drug-likeness (QED) is 0.649. The SMILES string of the molecule is COc1cccc(-c2ccccc2C2CCN([C@H]3CC4CCC3C4)CC2)c1OC. The standard InChI is InChI=1S/C26H33NO2/c1-28-25-9-5-8-23(26(25)29-2)22-7-4-3-6-21(22)19-12-14-27(15-13-19)24-17-18-10-11-20(24)16-18/h3-9,18-20,24H,10-17H2,1-2H3/t18?,20?,24-/m0/s1. The van der Waals surface area contributed by atoms with Gasteiger partial charge in [-0.1, -0.05) is 42.8 Å². The number of benzene rings is 2. The highest BCUT2D eigenvalue weighted by atomic mass is 16.5. The molecule has 2 aliphatic carbocycles. The molecule has 3 atom stereocenters. The third-order valence-electron chi connectivity index (χ3n) is 7.79. The zero-order valence-corrected chi connectivity index (χ0v) is 17.8. The first-order valence-electron chi connectivity index (χ1n) is 11.3. The summed E-state index contributed by atoms with van der Waals surface area (Å²) in [5.41, 5.74) is 3.89. The van der Waals surface area contributed by atoms with E-state index in [-0.39, 0.29) is 0 Å². The van der Waals surface area contributed by atoms with E-state index >= 15 is 0 Å². The first-order valence-corrected chi connectivity index (χ1v) is 11.3. The monoisotopic (exact) mass is 391 g/mol. The number of piperidine rings is 1. The second-order valence-corrected chi connectivity index (χ2v) is 9.18. The Labute approximate surface area is 175 Å². The molecule has 3 heteroatoms. The highest BCUT2D eigenvalue weighted by Crippen LogP contribution is 2.48. The highest BCUT2D eigenvalue weighted by Gasteiger charge is 2.43. The highest BCUT2D eigenvalue weighted by molar-refractivity contribution is 5.76. The van der Waals surface area contributed by atoms with Crippen LogP contribution >= 0.6 is 0 Å². The van der Waals surface area contributed by atoms with Gasteiger partial charge in [0.1, 0.15) is 0 Å². The van der Waals surface area contributed by atoms with Gasteiger partial charge in [-0.3, -0.25) is 0 Å². The van der Waals surface area contributed by atoms with Gasteiger partial charge >= 0.3 is 0 Å². The van der Waals surface area contributed by atoms with E-state index in [2.05, 4.69) is 41.3 Å². The summed E-state index contributed by atoms with van der Waals surface area (Å²) >= 11 is 0. The summed E-state index contributed by atoms with van der Waals surface area (Å²) in [6.07, 6.45) is 8.46. The fourth-order valence-electron chi connectivity index (χ4n) is 6.40. The molecule has 2 aromatic carbocycles. The van der Waals surface area contributed by atoms with Crippen LogP contribution in [0.25, 0.3) is 11.1 Å². The Morgan fingerprint density at radius 3 is 2.28 bits per heavy atom. The molecule has 0 amide bonds. The fraction of sp³-hybridized carbons (Fsp3) is 0.538. The van der Waals surface area contributed by atoms with E-state index in [9.17, 15) is 0 Å². The number of methoxy groups -OCH3 is 2. The lowest BCUT2D eigenvalue weighted by molar-refractivity contribution is 0.111. The van der Waals surface area contributed by atoms with Crippen molar-refractivity contribution in [1.82, 2.24) is 4.90 Å². The number of rotatable bonds is 5. The van der Waals surface area contributed by atoms with Gasteiger partial charge in [-0.05, 0) is 80.1 Å². The first kappa shape index (κ1) is 19.0. The summed E-state index contributed by atoms with van der Waals surface area (Å²) in [4.78, 5) is 2.83. The van der Waals surface area contributed by atoms with E-state index in [0.717, 1.165) is 34.9 Å². The van der Waals surface area contributed by atoms with Crippen LogP contribution in [0.1, 0.15) is 50.0 Å². The number of para-hydroxylation sites is 1. The van der Waals surface area contributed by atoms with Crippen molar-refractivity contribution in [2.75, 3.05) is 27.3 Å². The minimum absolute atomic E-state index is 0.622. The Hall–Kier alpha value is -2.00. The fourth-order valence-corrected chi connectivity index (χ4v) is 6.40. The van der Waals surface area contributed by atoms with Crippen LogP contribution in [0.2, 0.25) is 0 Å². The number of nitrogens with zero attached hydrogens (tertiary/aromatic N) is 1. The Morgan fingerprint density at radius 2 is 1.59 bits per heavy atom. The van der Waals surface area contributed by atoms with Crippen LogP contribution in [0.4, 0.5) is 0 Å². The molecule has 29 heavy (non-hydrogen) atoms. The van der Waals surface area contributed by atoms with Crippen LogP contribution in [0.3, 0.4) is 0 Å². The average Bonchev–Trinajstić information content (AvgIpc) is 3.42. The Kier molecular flexibility index (Phi) is 5.26. The van der Waals surface area contributed by atoms with Gasteiger partial charge in [0.05, 0.1) is 14.2 Å². The van der Waals surface area contributed by atoms with E-state index in [0.29, 0.717) is 5.92 Å². The maximum absolute atomic E-state index is 5.74. The largest absolute Gasteiger partial charge is 0.493 e. The molecule has 1 heterocycles. The van der Waals surface area contributed by atoms with Crippen molar-refractivity contribution in [3.05, 3.63) is 48.0 Å². The van der Waals surface area contributed by atoms with Gasteiger partial charge in [0.15, 0.2) is 11.5 Å². The molecule has 0 aromatic heterocycles. The Morgan fingerprint density at radius 1 is 0.793 bits per heavy atom. The first-order chi connectivity index (χ1) is 14.3. The summed E-state index contributed by atoms with van der Waals surface area (Å²) in [6.45, 7) is 2.50. The number of hydrogen-bond acceptors (Lipinski definition) is 3. The molecule has 3 nitrogen and oxygen atoms in total. The molecule has 2 bridgehead atoms. The van der Waals surface area contributed by atoms with Crippen molar-refractivity contribution in [2.24, 2.45) is 11.8 Å². The van der Waals surface area contributed by atoms with Gasteiger partial charge in [-0.15, -0.1) is 0 Å². The Balaban J connectivity index is 1.37. The second-order valence-electron chi connectivity index (χ2n) is 9.18. The summed E-state index contributed by atoms with van der Waals surface area (Å²) in [5.74, 6) is 4.28. The number of likely N-dealkylation sites (tertiary alicyclic amines) is 1. The molecular formula is C26H33NO2. The molecule has 0 radical (unpaired) electrons. The minimum Gasteiger partial charge on any atom is -0.493 e. The minimum atomic E-state index is 0.622. The topological polar surface area (TPSA) is 21.7 Å². The summed E-state index contributed by atoms with van der Waals surface area (Å²) in [6, 6.07) is 16.0.